The molecule has 2 aliphatic heterocycles. The van der Waals surface area contributed by atoms with Gasteiger partial charge in [-0.1, -0.05) is 6.07 Å². The van der Waals surface area contributed by atoms with Gasteiger partial charge in [0.15, 0.2) is 0 Å². The lowest BCUT2D eigenvalue weighted by Crippen LogP contribution is -2.40. The normalized spacial score (nSPS) is 23.7. The number of rotatable bonds is 7. The zero-order valence-corrected chi connectivity index (χ0v) is 15.6. The van der Waals surface area contributed by atoms with E-state index in [0.717, 1.165) is 51.7 Å². The van der Waals surface area contributed by atoms with Crippen molar-refractivity contribution in [3.05, 3.63) is 29.3 Å². The van der Waals surface area contributed by atoms with Gasteiger partial charge in [0.25, 0.3) is 0 Å². The van der Waals surface area contributed by atoms with Crippen LogP contribution in [0.15, 0.2) is 18.2 Å². The summed E-state index contributed by atoms with van der Waals surface area (Å²) < 4.78 is 11.2. The molecule has 0 spiro atoms. The highest BCUT2D eigenvalue weighted by Gasteiger charge is 2.26. The van der Waals surface area contributed by atoms with Gasteiger partial charge in [-0.15, -0.1) is 0 Å². The topological polar surface area (TPSA) is 45.2 Å². The van der Waals surface area contributed by atoms with E-state index in [9.17, 15) is 5.11 Å². The maximum absolute atomic E-state index is 10.3. The molecular weight excluding hydrogens is 316 g/mol. The van der Waals surface area contributed by atoms with E-state index in [1.165, 1.54) is 17.5 Å². The molecule has 1 N–H and O–H groups in total. The van der Waals surface area contributed by atoms with Gasteiger partial charge in [-0.3, -0.25) is 4.90 Å². The Morgan fingerprint density at radius 3 is 2.56 bits per heavy atom. The molecule has 2 aliphatic rings. The Morgan fingerprint density at radius 2 is 1.84 bits per heavy atom. The van der Waals surface area contributed by atoms with Crippen molar-refractivity contribution >= 4 is 0 Å². The smallest absolute Gasteiger partial charge is 0.119 e. The molecule has 1 aromatic rings. The molecule has 1 aromatic carbocycles. The maximum Gasteiger partial charge on any atom is 0.119 e. The molecule has 0 saturated carbocycles. The molecule has 0 aliphatic carbocycles. The van der Waals surface area contributed by atoms with Crippen LogP contribution < -0.4 is 4.74 Å². The minimum absolute atomic E-state index is 0.355. The second kappa shape index (κ2) is 8.99. The number of hydrogen-bond donors (Lipinski definition) is 1. The number of aliphatic hydroxyl groups is 1. The molecule has 5 heteroatoms. The van der Waals surface area contributed by atoms with E-state index in [1.807, 2.05) is 12.1 Å². The summed E-state index contributed by atoms with van der Waals surface area (Å²) in [5, 5.41) is 10.3. The number of benzene rings is 1. The highest BCUT2D eigenvalue weighted by atomic mass is 16.5. The minimum atomic E-state index is -0.442. The minimum Gasteiger partial charge on any atom is -0.491 e. The lowest BCUT2D eigenvalue weighted by atomic mass is 10.1. The van der Waals surface area contributed by atoms with Gasteiger partial charge in [0, 0.05) is 32.7 Å². The van der Waals surface area contributed by atoms with Crippen LogP contribution in [0.25, 0.3) is 0 Å². The van der Waals surface area contributed by atoms with Crippen LogP contribution in [0.3, 0.4) is 0 Å². The number of aryl methyl sites for hydroxylation is 2. The van der Waals surface area contributed by atoms with Gasteiger partial charge in [0.2, 0.25) is 0 Å². The molecule has 2 saturated heterocycles. The van der Waals surface area contributed by atoms with E-state index in [0.29, 0.717) is 19.1 Å². The third-order valence-electron chi connectivity index (χ3n) is 5.10. The van der Waals surface area contributed by atoms with Gasteiger partial charge < -0.3 is 19.5 Å². The summed E-state index contributed by atoms with van der Waals surface area (Å²) in [6.07, 6.45) is 0.783. The molecule has 5 nitrogen and oxygen atoms in total. The van der Waals surface area contributed by atoms with Crippen molar-refractivity contribution in [2.45, 2.75) is 26.4 Å². The third kappa shape index (κ3) is 5.96. The highest BCUT2D eigenvalue weighted by Crippen LogP contribution is 2.19. The van der Waals surface area contributed by atoms with Crippen molar-refractivity contribution in [1.82, 2.24) is 9.80 Å². The quantitative estimate of drug-likeness (QED) is 0.813. The lowest BCUT2D eigenvalue weighted by Gasteiger charge is -2.29. The van der Waals surface area contributed by atoms with E-state index in [2.05, 4.69) is 29.7 Å². The second-order valence-electron chi connectivity index (χ2n) is 7.62. The Balaban J connectivity index is 1.37. The van der Waals surface area contributed by atoms with Gasteiger partial charge in [-0.05, 0) is 56.0 Å². The fourth-order valence-corrected chi connectivity index (χ4v) is 3.94. The summed E-state index contributed by atoms with van der Waals surface area (Å²) in [4.78, 5) is 4.89. The van der Waals surface area contributed by atoms with Crippen LogP contribution in [0.2, 0.25) is 0 Å². The van der Waals surface area contributed by atoms with E-state index in [4.69, 9.17) is 9.47 Å². The molecular formula is C20H32N2O3. The number of hydrogen-bond acceptors (Lipinski definition) is 5. The molecule has 3 rings (SSSR count). The summed E-state index contributed by atoms with van der Waals surface area (Å²) in [6.45, 7) is 12.4. The SMILES string of the molecule is Cc1cc(C)cc(OCC(O)CN2CCC(CN3CCOCC3)C2)c1. The Hall–Kier alpha value is -1.14. The van der Waals surface area contributed by atoms with Crippen LogP contribution >= 0.6 is 0 Å². The molecule has 0 bridgehead atoms. The lowest BCUT2D eigenvalue weighted by molar-refractivity contribution is 0.0304. The second-order valence-corrected chi connectivity index (χ2v) is 7.62. The summed E-state index contributed by atoms with van der Waals surface area (Å²) in [6, 6.07) is 6.17. The van der Waals surface area contributed by atoms with Gasteiger partial charge in [0.05, 0.1) is 13.2 Å². The van der Waals surface area contributed by atoms with Crippen molar-refractivity contribution in [3.63, 3.8) is 0 Å². The fraction of sp³-hybridized carbons (Fsp3) is 0.700. The van der Waals surface area contributed by atoms with Crippen molar-refractivity contribution < 1.29 is 14.6 Å². The first-order chi connectivity index (χ1) is 12.1. The van der Waals surface area contributed by atoms with Gasteiger partial charge >= 0.3 is 0 Å². The summed E-state index contributed by atoms with van der Waals surface area (Å²) >= 11 is 0. The number of β-amino-alcohol motifs (C(OH)–C–C–N with tert-alkyl or cyclic N) is 1. The summed E-state index contributed by atoms with van der Waals surface area (Å²) in [5.74, 6) is 1.56. The molecule has 2 heterocycles. The molecule has 2 atom stereocenters. The van der Waals surface area contributed by atoms with Gasteiger partial charge in [-0.2, -0.15) is 0 Å². The van der Waals surface area contributed by atoms with Crippen LogP contribution in [0.4, 0.5) is 0 Å². The molecule has 0 aromatic heterocycles. The van der Waals surface area contributed by atoms with Gasteiger partial charge in [0.1, 0.15) is 18.5 Å². The standard InChI is InChI=1S/C20H32N2O3/c1-16-9-17(2)11-20(10-16)25-15-19(23)14-22-4-3-18(13-22)12-21-5-7-24-8-6-21/h9-11,18-19,23H,3-8,12-15H2,1-2H3. The van der Waals surface area contributed by atoms with Crippen molar-refractivity contribution in [2.24, 2.45) is 5.92 Å². The van der Waals surface area contributed by atoms with Crippen LogP contribution in [0, 0.1) is 19.8 Å². The first-order valence-corrected chi connectivity index (χ1v) is 9.50. The summed E-state index contributed by atoms with van der Waals surface area (Å²) in [7, 11) is 0. The predicted molar refractivity (Wildman–Crippen MR) is 99.2 cm³/mol. The fourth-order valence-electron chi connectivity index (χ4n) is 3.94. The first-order valence-electron chi connectivity index (χ1n) is 9.50. The Kier molecular flexibility index (Phi) is 6.70. The van der Waals surface area contributed by atoms with Crippen LogP contribution in [0.1, 0.15) is 17.5 Å². The average Bonchev–Trinajstić information content (AvgIpc) is 3.00. The van der Waals surface area contributed by atoms with Crippen molar-refractivity contribution in [1.29, 1.82) is 0 Å². The molecule has 0 amide bonds. The van der Waals surface area contributed by atoms with Crippen molar-refractivity contribution in [2.75, 3.05) is 59.1 Å². The van der Waals surface area contributed by atoms with Crippen molar-refractivity contribution in [3.8, 4) is 5.75 Å². The number of nitrogens with zero attached hydrogens (tertiary/aromatic N) is 2. The monoisotopic (exact) mass is 348 g/mol. The largest absolute Gasteiger partial charge is 0.491 e. The van der Waals surface area contributed by atoms with E-state index in [-0.39, 0.29) is 0 Å². The average molecular weight is 348 g/mol. The number of ether oxygens (including phenoxy) is 2. The molecule has 2 unspecified atom stereocenters. The number of aliphatic hydroxyl groups excluding tert-OH is 1. The molecule has 25 heavy (non-hydrogen) atoms. The van der Waals surface area contributed by atoms with Crippen LogP contribution in [-0.2, 0) is 4.74 Å². The highest BCUT2D eigenvalue weighted by molar-refractivity contribution is 5.32. The van der Waals surface area contributed by atoms with E-state index in [1.54, 1.807) is 0 Å². The zero-order chi connectivity index (χ0) is 17.6. The summed E-state index contributed by atoms with van der Waals surface area (Å²) in [5.41, 5.74) is 2.38. The molecule has 2 fully saturated rings. The third-order valence-corrected chi connectivity index (χ3v) is 5.10. The van der Waals surface area contributed by atoms with Crippen LogP contribution in [-0.4, -0.2) is 80.1 Å². The molecule has 140 valence electrons. The molecule has 0 radical (unpaired) electrons. The van der Waals surface area contributed by atoms with Gasteiger partial charge in [-0.25, -0.2) is 0 Å². The first kappa shape index (κ1) is 18.6. The predicted octanol–water partition coefficient (Wildman–Crippen LogP) is 1.70. The number of likely N-dealkylation sites (tertiary alicyclic amines) is 1. The van der Waals surface area contributed by atoms with E-state index >= 15 is 0 Å². The Morgan fingerprint density at radius 1 is 1.12 bits per heavy atom. The van der Waals surface area contributed by atoms with Crippen LogP contribution in [0.5, 0.6) is 5.75 Å². The maximum atomic E-state index is 10.3. The zero-order valence-electron chi connectivity index (χ0n) is 15.6. The number of morpholine rings is 1. The Bertz CT molecular complexity index is 525. The van der Waals surface area contributed by atoms with E-state index < -0.39 is 6.10 Å². The Labute approximate surface area is 151 Å².